The predicted octanol–water partition coefficient (Wildman–Crippen LogP) is 4.26. The van der Waals surface area contributed by atoms with Gasteiger partial charge >= 0.3 is 0 Å². The molecule has 2 N–H and O–H groups in total. The molecule has 0 aliphatic heterocycles. The monoisotopic (exact) mass is 428 g/mol. The topological polar surface area (TPSA) is 76.7 Å². The van der Waals surface area contributed by atoms with E-state index in [0.717, 1.165) is 25.7 Å². The van der Waals surface area contributed by atoms with E-state index in [1.165, 1.54) is 0 Å². The lowest BCUT2D eigenvalue weighted by Gasteiger charge is -2.27. The number of rotatable bonds is 16. The Morgan fingerprint density at radius 3 is 2.07 bits per heavy atom. The van der Waals surface area contributed by atoms with Crippen LogP contribution in [0.1, 0.15) is 94.4 Å². The van der Waals surface area contributed by atoms with Crippen molar-refractivity contribution in [1.82, 2.24) is 10.6 Å². The molecule has 0 aliphatic carbocycles. The van der Waals surface area contributed by atoms with Crippen molar-refractivity contribution in [3.63, 3.8) is 0 Å². The normalized spacial score (nSPS) is 13.7. The number of ketones is 1. The fraction of sp³-hybridized carbons (Fsp3) is 0.917. The van der Waals surface area contributed by atoms with Crippen LogP contribution in [0.4, 0.5) is 0 Å². The quantitative estimate of drug-likeness (QED) is 0.359. The average molecular weight is 429 g/mol. The second-order valence-corrected chi connectivity index (χ2v) is 10.3. The van der Waals surface area contributed by atoms with Crippen molar-refractivity contribution in [3.05, 3.63) is 0 Å². The summed E-state index contributed by atoms with van der Waals surface area (Å²) in [5, 5.41) is 6.31. The molecule has 6 nitrogen and oxygen atoms in total. The molecule has 0 saturated heterocycles. The summed E-state index contributed by atoms with van der Waals surface area (Å²) in [7, 11) is 0. The fourth-order valence-corrected chi connectivity index (χ4v) is 3.00. The highest BCUT2D eigenvalue weighted by Crippen LogP contribution is 2.17. The zero-order valence-electron chi connectivity index (χ0n) is 21.0. The van der Waals surface area contributed by atoms with Gasteiger partial charge in [-0.25, -0.2) is 0 Å². The summed E-state index contributed by atoms with van der Waals surface area (Å²) in [5.74, 6) is 0.303. The minimum absolute atomic E-state index is 0.00635. The zero-order chi connectivity index (χ0) is 23.4. The molecule has 0 aromatic heterocycles. The third-order valence-corrected chi connectivity index (χ3v) is 4.75. The van der Waals surface area contributed by atoms with Gasteiger partial charge in [-0.15, -0.1) is 0 Å². The molecule has 0 bridgehead atoms. The largest absolute Gasteiger partial charge is 0.376 e. The number of unbranched alkanes of at least 4 members (excludes halogenated alkanes) is 1. The summed E-state index contributed by atoms with van der Waals surface area (Å²) < 4.78 is 11.6. The Labute approximate surface area is 185 Å². The summed E-state index contributed by atoms with van der Waals surface area (Å²) in [5.41, 5.74) is -0.462. The van der Waals surface area contributed by atoms with Crippen molar-refractivity contribution in [3.8, 4) is 0 Å². The van der Waals surface area contributed by atoms with E-state index in [0.29, 0.717) is 26.2 Å². The van der Waals surface area contributed by atoms with E-state index in [2.05, 4.69) is 24.5 Å². The highest BCUT2D eigenvalue weighted by Gasteiger charge is 2.22. The first-order chi connectivity index (χ1) is 13.7. The number of nitrogens with one attached hydrogen (secondary N) is 2. The third kappa shape index (κ3) is 15.8. The molecule has 0 spiro atoms. The Kier molecular flexibility index (Phi) is 13.7. The molecule has 0 radical (unpaired) electrons. The minimum Gasteiger partial charge on any atom is -0.376 e. The van der Waals surface area contributed by atoms with Crippen molar-refractivity contribution in [1.29, 1.82) is 0 Å². The molecular weight excluding hydrogens is 380 g/mol. The van der Waals surface area contributed by atoms with Gasteiger partial charge in [0.25, 0.3) is 0 Å². The summed E-state index contributed by atoms with van der Waals surface area (Å²) in [4.78, 5) is 24.3. The van der Waals surface area contributed by atoms with E-state index in [1.807, 2.05) is 48.5 Å². The standard InChI is InChI=1S/C24H48N2O4/c1-18(2)22(28)20(26-19(3)4)12-10-11-15-25-21(27)13-16-30-24(8,9)14-17-29-23(5,6)7/h18-20,26H,10-17H2,1-9H3,(H,25,27). The fourth-order valence-electron chi connectivity index (χ4n) is 3.00. The number of ether oxygens (including phenoxy) is 2. The van der Waals surface area contributed by atoms with Crippen LogP contribution in [-0.2, 0) is 19.1 Å². The number of carbonyl (C=O) groups excluding carboxylic acids is 2. The lowest BCUT2D eigenvalue weighted by Crippen LogP contribution is -2.42. The summed E-state index contributed by atoms with van der Waals surface area (Å²) in [6.45, 7) is 19.8. The Morgan fingerprint density at radius 1 is 0.900 bits per heavy atom. The minimum atomic E-state index is -0.313. The Balaban J connectivity index is 4.00. The van der Waals surface area contributed by atoms with Gasteiger partial charge in [0.05, 0.1) is 23.9 Å². The lowest BCUT2D eigenvalue weighted by atomic mass is 9.96. The number of carbonyl (C=O) groups is 2. The van der Waals surface area contributed by atoms with Crippen LogP contribution in [0.2, 0.25) is 0 Å². The van der Waals surface area contributed by atoms with Crippen LogP contribution in [0.5, 0.6) is 0 Å². The highest BCUT2D eigenvalue weighted by atomic mass is 16.5. The number of amides is 1. The van der Waals surface area contributed by atoms with Crippen molar-refractivity contribution in [2.24, 2.45) is 5.92 Å². The summed E-state index contributed by atoms with van der Waals surface area (Å²) in [6, 6.07) is 0.181. The molecule has 0 fully saturated rings. The molecule has 0 heterocycles. The molecule has 178 valence electrons. The van der Waals surface area contributed by atoms with Crippen LogP contribution in [0.25, 0.3) is 0 Å². The molecule has 1 amide bonds. The van der Waals surface area contributed by atoms with Gasteiger partial charge in [0, 0.05) is 31.5 Å². The van der Waals surface area contributed by atoms with Gasteiger partial charge in [-0.1, -0.05) is 27.7 Å². The molecule has 0 aromatic rings. The SMILES string of the molecule is CC(C)NC(CCCCNC(=O)CCOC(C)(C)CCOC(C)(C)C)C(=O)C(C)C. The van der Waals surface area contributed by atoms with Gasteiger partial charge in [-0.05, 0) is 60.3 Å². The van der Waals surface area contributed by atoms with E-state index in [9.17, 15) is 9.59 Å². The molecule has 0 aliphatic rings. The van der Waals surface area contributed by atoms with E-state index in [-0.39, 0.29) is 40.9 Å². The second kappa shape index (κ2) is 14.2. The second-order valence-electron chi connectivity index (χ2n) is 10.3. The summed E-state index contributed by atoms with van der Waals surface area (Å²) >= 11 is 0. The van der Waals surface area contributed by atoms with Gasteiger partial charge in [0.2, 0.25) is 5.91 Å². The lowest BCUT2D eigenvalue weighted by molar-refractivity contribution is -0.125. The van der Waals surface area contributed by atoms with Crippen molar-refractivity contribution in [2.75, 3.05) is 19.8 Å². The first-order valence-corrected chi connectivity index (χ1v) is 11.6. The van der Waals surface area contributed by atoms with Crippen molar-refractivity contribution in [2.45, 2.75) is 118 Å². The van der Waals surface area contributed by atoms with Crippen LogP contribution in [0, 0.1) is 5.92 Å². The molecule has 0 rings (SSSR count). The van der Waals surface area contributed by atoms with E-state index >= 15 is 0 Å². The predicted molar refractivity (Wildman–Crippen MR) is 124 cm³/mol. The highest BCUT2D eigenvalue weighted by molar-refractivity contribution is 5.85. The molecule has 30 heavy (non-hydrogen) atoms. The number of hydrogen-bond donors (Lipinski definition) is 2. The molecular formula is C24H48N2O4. The van der Waals surface area contributed by atoms with Crippen molar-refractivity contribution >= 4 is 11.7 Å². The van der Waals surface area contributed by atoms with Gasteiger partial charge < -0.3 is 20.1 Å². The Hall–Kier alpha value is -0.980. The van der Waals surface area contributed by atoms with Crippen LogP contribution in [0.15, 0.2) is 0 Å². The van der Waals surface area contributed by atoms with Crippen LogP contribution >= 0.6 is 0 Å². The molecule has 1 unspecified atom stereocenters. The molecule has 0 aromatic carbocycles. The Morgan fingerprint density at radius 2 is 1.53 bits per heavy atom. The molecule has 0 saturated carbocycles. The van der Waals surface area contributed by atoms with Crippen LogP contribution in [-0.4, -0.2) is 54.7 Å². The summed E-state index contributed by atoms with van der Waals surface area (Å²) in [6.07, 6.45) is 3.71. The maximum atomic E-state index is 12.3. The zero-order valence-corrected chi connectivity index (χ0v) is 21.0. The molecule has 1 atom stereocenters. The van der Waals surface area contributed by atoms with Crippen LogP contribution < -0.4 is 10.6 Å². The first-order valence-electron chi connectivity index (χ1n) is 11.6. The van der Waals surface area contributed by atoms with E-state index in [1.54, 1.807) is 0 Å². The average Bonchev–Trinajstić information content (AvgIpc) is 2.57. The third-order valence-electron chi connectivity index (χ3n) is 4.75. The van der Waals surface area contributed by atoms with Gasteiger partial charge in [-0.3, -0.25) is 9.59 Å². The maximum Gasteiger partial charge on any atom is 0.222 e. The van der Waals surface area contributed by atoms with Gasteiger partial charge in [0.15, 0.2) is 5.78 Å². The van der Waals surface area contributed by atoms with Crippen LogP contribution in [0.3, 0.4) is 0 Å². The number of hydrogen-bond acceptors (Lipinski definition) is 5. The molecule has 6 heteroatoms. The van der Waals surface area contributed by atoms with Gasteiger partial charge in [-0.2, -0.15) is 0 Å². The van der Waals surface area contributed by atoms with Gasteiger partial charge in [0.1, 0.15) is 0 Å². The van der Waals surface area contributed by atoms with E-state index in [4.69, 9.17) is 9.47 Å². The van der Waals surface area contributed by atoms with E-state index < -0.39 is 0 Å². The first kappa shape index (κ1) is 29.0. The van der Waals surface area contributed by atoms with Crippen molar-refractivity contribution < 1.29 is 19.1 Å². The Bertz CT molecular complexity index is 496. The maximum absolute atomic E-state index is 12.3. The smallest absolute Gasteiger partial charge is 0.222 e. The number of Topliss-reactive ketones (excluding diaryl/α,β-unsaturated/α-hetero) is 1.